The van der Waals surface area contributed by atoms with Crippen LogP contribution in [0.25, 0.3) is 20.9 Å². The highest BCUT2D eigenvalue weighted by molar-refractivity contribution is 7.79. The number of alkyl halides is 3. The number of hydrogen-bond acceptors (Lipinski definition) is 16. The summed E-state index contributed by atoms with van der Waals surface area (Å²) in [7, 11) is 2.87. The van der Waals surface area contributed by atoms with Crippen molar-refractivity contribution in [3.63, 3.8) is 0 Å². The van der Waals surface area contributed by atoms with Crippen molar-refractivity contribution in [3.05, 3.63) is 274 Å². The average molecular weight is 1460 g/mol. The van der Waals surface area contributed by atoms with Gasteiger partial charge in [0.1, 0.15) is 46.4 Å². The van der Waals surface area contributed by atoms with Crippen LogP contribution in [0.1, 0.15) is 95.9 Å². The second kappa shape index (κ2) is 44.2. The molecule has 5 heterocycles. The Balaban J connectivity index is 0.000000331. The molecule has 2 unspecified atom stereocenters. The Bertz CT molecular complexity index is 3700. The maximum atomic E-state index is 11.9. The summed E-state index contributed by atoms with van der Waals surface area (Å²) < 4.78 is 28.8. The van der Waals surface area contributed by atoms with Crippen LogP contribution in [0.15, 0.2) is 224 Å². The lowest BCUT2D eigenvalue weighted by Gasteiger charge is -2.30. The molecule has 3 aliphatic rings. The fraction of sp³-hybridized carbons (Fsp3) is 0.380. The number of methoxy groups -OCH3 is 2. The standard InChI is InChI=1S/C21H19ClO2.C18H15P.C13H19N5O5.C12H17N5O6.C4H8O.CH2Cl2.2CH4.H2O/c1-23-19-12-8-17(9-13-19)21(22,16-6-4-3-5-7-16)18-10-14-20(24-2)15-11-18;1-4-10-16(11-5-1)19(17-12-6-2-7-13-17)18-14-8-3-9-15-18;1-2-13(5-3-6-15-17-14)10(21)9(20)11(23-13)18-7-4-8(19)16-12(18)22;13-16-14-4-1-3-12(6-18)9(21)8(20)10(23-12)17-5-2-7(19)15-11(17)22;1-2-4-5-3-1;2-1-3;;;/h3-15H,1-2H3;1-15H;4,7,9-11,20-21H,2-3,5-6H2,1H3,(H,16,19,22);2,5,8-10,18,20-21H,1,3-4,6H2,(H,15,19,22);1-4H2;1H2;2*1H4;1H2/t;;9-,10?,11+,13-;8-,9?,10+,12+;;;;;/m..00...../s1. The number of rotatable bonds is 20. The van der Waals surface area contributed by atoms with Crippen LogP contribution in [0.4, 0.5) is 0 Å². The first-order valence-corrected chi connectivity index (χ1v) is 33.8. The van der Waals surface area contributed by atoms with E-state index < -0.39 is 90.0 Å². The molecule has 0 amide bonds. The molecule has 0 spiro atoms. The maximum Gasteiger partial charge on any atom is 0.330 e. The van der Waals surface area contributed by atoms with E-state index in [1.54, 1.807) is 21.1 Å². The molecule has 540 valence electrons. The molecule has 11 rings (SSSR count). The second-order valence-corrected chi connectivity index (χ2v) is 25.5. The largest absolute Gasteiger partial charge is 0.497 e. The second-order valence-electron chi connectivity index (χ2n) is 21.9. The molecule has 3 fully saturated rings. The molecule has 0 radical (unpaired) electrons. The van der Waals surface area contributed by atoms with Crippen molar-refractivity contribution in [2.24, 2.45) is 10.2 Å². The van der Waals surface area contributed by atoms with Crippen LogP contribution in [-0.4, -0.2) is 138 Å². The topological polar surface area (TPSA) is 386 Å². The number of nitrogens with zero attached hydrogens (tertiary/aromatic N) is 8. The highest BCUT2D eigenvalue weighted by Gasteiger charge is 2.55. The van der Waals surface area contributed by atoms with Crippen molar-refractivity contribution in [2.75, 3.05) is 52.5 Å². The number of azide groups is 2. The molecule has 0 bridgehead atoms. The molecule has 0 aliphatic carbocycles. The molecule has 25 nitrogen and oxygen atoms in total. The summed E-state index contributed by atoms with van der Waals surface area (Å²) in [6.45, 7) is 3.57. The molecule has 29 heteroatoms. The molecule has 6 aromatic carbocycles. The number of aliphatic hydroxyl groups excluding tert-OH is 5. The van der Waals surface area contributed by atoms with Crippen LogP contribution in [0.5, 0.6) is 11.5 Å². The predicted molar refractivity (Wildman–Crippen MR) is 393 cm³/mol. The Kier molecular flexibility index (Phi) is 38.0. The third kappa shape index (κ3) is 23.2. The fourth-order valence-corrected chi connectivity index (χ4v) is 13.7. The van der Waals surface area contributed by atoms with Crippen molar-refractivity contribution in [2.45, 2.75) is 120 Å². The van der Waals surface area contributed by atoms with E-state index in [1.807, 2.05) is 83.8 Å². The van der Waals surface area contributed by atoms with Crippen LogP contribution in [0.3, 0.4) is 0 Å². The number of benzene rings is 6. The number of halogens is 3. The molecule has 8 aromatic rings. The minimum Gasteiger partial charge on any atom is -0.497 e. The summed E-state index contributed by atoms with van der Waals surface area (Å²) in [4.78, 5) is 54.4. The van der Waals surface area contributed by atoms with Crippen molar-refractivity contribution in [1.82, 2.24) is 19.1 Å². The van der Waals surface area contributed by atoms with Gasteiger partial charge in [-0.25, -0.2) is 9.59 Å². The van der Waals surface area contributed by atoms with E-state index in [2.05, 4.69) is 116 Å². The van der Waals surface area contributed by atoms with E-state index >= 15 is 0 Å². The van der Waals surface area contributed by atoms with Crippen LogP contribution in [0.2, 0.25) is 0 Å². The van der Waals surface area contributed by atoms with E-state index in [-0.39, 0.29) is 45.2 Å². The van der Waals surface area contributed by atoms with Crippen molar-refractivity contribution in [3.8, 4) is 11.5 Å². The van der Waals surface area contributed by atoms with Crippen LogP contribution >= 0.6 is 42.7 Å². The number of aliphatic hydroxyl groups is 5. The van der Waals surface area contributed by atoms with E-state index in [4.69, 9.17) is 69.5 Å². The van der Waals surface area contributed by atoms with Gasteiger partial charge in [-0.05, 0) is 121 Å². The van der Waals surface area contributed by atoms with Gasteiger partial charge >= 0.3 is 11.4 Å². The van der Waals surface area contributed by atoms with Gasteiger partial charge in [-0.2, -0.15) is 0 Å². The predicted octanol–water partition coefficient (Wildman–Crippen LogP) is 9.98. The highest BCUT2D eigenvalue weighted by atomic mass is 35.5. The van der Waals surface area contributed by atoms with Gasteiger partial charge in [0.25, 0.3) is 11.1 Å². The average Bonchev–Trinajstić information content (AvgIpc) is 1.40. The summed E-state index contributed by atoms with van der Waals surface area (Å²) in [6.07, 6.45) is -1.29. The summed E-state index contributed by atoms with van der Waals surface area (Å²) >= 11 is 16.8. The third-order valence-corrected chi connectivity index (χ3v) is 19.1. The fourth-order valence-electron chi connectivity index (χ4n) is 11.0. The quantitative estimate of drug-likeness (QED) is 0.00710. The lowest BCUT2D eigenvalue weighted by molar-refractivity contribution is -0.133. The molecular weight excluding hydrogens is 1370 g/mol. The van der Waals surface area contributed by atoms with Crippen LogP contribution < -0.4 is 47.9 Å². The first-order chi connectivity index (χ1) is 46.9. The minimum absolute atomic E-state index is 0. The SMILES string of the molecule is C.C.C1CCOC1.CC[C@@]1(CCCN=[N+]=[N-])O[C@@H](n2ccc(=O)[nH]c2=O)[C@@H](O)C1O.COc1ccc(C(Cl)(c2ccccc2)c2ccc(OC)cc2)cc1.ClCCl.O.[N-]=[N+]=NCCC[C@]1(CO)O[C@@H](n2ccc(=O)[nH]c2=O)[C@@H](O)C1O.c1ccc(P(c2ccccc2)c2ccccc2)cc1. The zero-order valence-electron chi connectivity index (χ0n) is 54.2. The summed E-state index contributed by atoms with van der Waals surface area (Å²) in [5, 5.41) is 61.8. The number of hydrogen-bond donors (Lipinski definition) is 7. The summed E-state index contributed by atoms with van der Waals surface area (Å²) in [5.74, 6) is 1.61. The molecule has 3 aliphatic heterocycles. The first-order valence-electron chi connectivity index (χ1n) is 31.0. The zero-order chi connectivity index (χ0) is 70.2. The number of ether oxygens (including phenoxy) is 5. The zero-order valence-corrected chi connectivity index (χ0v) is 57.4. The number of nitrogens with one attached hydrogen (secondary N) is 2. The summed E-state index contributed by atoms with van der Waals surface area (Å²) in [6, 6.07) is 60.3. The van der Waals surface area contributed by atoms with Gasteiger partial charge in [-0.3, -0.25) is 28.7 Å². The third-order valence-electron chi connectivity index (χ3n) is 16.0. The maximum absolute atomic E-state index is 11.9. The van der Waals surface area contributed by atoms with Crippen LogP contribution in [0, 0.1) is 0 Å². The number of aromatic amines is 2. The number of aromatic nitrogens is 4. The number of H-pyrrole nitrogens is 2. The van der Waals surface area contributed by atoms with Crippen molar-refractivity contribution in [1.29, 1.82) is 0 Å². The Morgan fingerprint density at radius 2 is 0.920 bits per heavy atom. The van der Waals surface area contributed by atoms with Crippen molar-refractivity contribution < 1.29 is 54.7 Å². The molecule has 3 saturated heterocycles. The molecule has 2 aromatic heterocycles. The monoisotopic (exact) mass is 1460 g/mol. The first kappa shape index (κ1) is 86.1. The Hall–Kier alpha value is -8.16. The van der Waals surface area contributed by atoms with Gasteiger partial charge < -0.3 is 54.7 Å². The van der Waals surface area contributed by atoms with Gasteiger partial charge in [-0.1, -0.05) is 178 Å². The van der Waals surface area contributed by atoms with Gasteiger partial charge in [0.2, 0.25) is 0 Å². The normalized spacial score (nSPS) is 19.9. The molecule has 0 saturated carbocycles. The Labute approximate surface area is 596 Å². The van der Waals surface area contributed by atoms with Gasteiger partial charge in [0.15, 0.2) is 12.5 Å². The smallest absolute Gasteiger partial charge is 0.330 e. The minimum atomic E-state index is -1.50. The Morgan fingerprint density at radius 3 is 1.24 bits per heavy atom. The van der Waals surface area contributed by atoms with Gasteiger partial charge in [0.05, 0.1) is 31.8 Å². The Morgan fingerprint density at radius 1 is 0.580 bits per heavy atom. The summed E-state index contributed by atoms with van der Waals surface area (Å²) in [5.41, 5.74) is 14.3. The van der Waals surface area contributed by atoms with E-state index in [1.165, 1.54) is 35.0 Å². The lowest BCUT2D eigenvalue weighted by Crippen LogP contribution is -2.46. The molecule has 9 N–H and O–H groups in total. The van der Waals surface area contributed by atoms with E-state index in [0.717, 1.165) is 68.9 Å². The lowest BCUT2D eigenvalue weighted by atomic mass is 9.84. The van der Waals surface area contributed by atoms with Gasteiger partial charge in [0, 0.05) is 60.7 Å². The van der Waals surface area contributed by atoms with Crippen molar-refractivity contribution >= 4 is 58.6 Å². The van der Waals surface area contributed by atoms with Crippen LogP contribution in [-0.2, 0) is 19.1 Å². The molecule has 100 heavy (non-hydrogen) atoms. The van der Waals surface area contributed by atoms with E-state index in [0.29, 0.717) is 25.7 Å². The highest BCUT2D eigenvalue weighted by Crippen LogP contribution is 2.45. The molecular formula is C71H90Cl3N10O15P. The van der Waals surface area contributed by atoms with Gasteiger partial charge in [-0.15, -0.1) is 34.8 Å². The van der Waals surface area contributed by atoms with E-state index in [9.17, 15) is 44.7 Å². The molecule has 8 atom stereocenters.